The second-order valence-electron chi connectivity index (χ2n) is 8.56. The van der Waals surface area contributed by atoms with Crippen LogP contribution in [0.25, 0.3) is 0 Å². The van der Waals surface area contributed by atoms with E-state index in [-0.39, 0.29) is 11.9 Å². The zero-order chi connectivity index (χ0) is 22.2. The molecule has 174 valence electrons. The fourth-order valence-electron chi connectivity index (χ4n) is 4.38. The van der Waals surface area contributed by atoms with Crippen molar-refractivity contribution in [3.63, 3.8) is 0 Å². The Kier molecular flexibility index (Phi) is 8.12. The van der Waals surface area contributed by atoms with Crippen LogP contribution >= 0.6 is 0 Å². The van der Waals surface area contributed by atoms with Gasteiger partial charge in [0.25, 0.3) is 0 Å². The molecule has 2 aliphatic heterocycles. The Hall–Kier alpha value is -2.45. The Morgan fingerprint density at radius 1 is 1.22 bits per heavy atom. The molecule has 1 aromatic heterocycles. The third-order valence-electron chi connectivity index (χ3n) is 6.25. The predicted octanol–water partition coefficient (Wildman–Crippen LogP) is 3.36. The van der Waals surface area contributed by atoms with E-state index in [2.05, 4.69) is 10.1 Å². The molecule has 1 unspecified atom stereocenters. The molecule has 0 spiro atoms. The van der Waals surface area contributed by atoms with Crippen LogP contribution in [-0.2, 0) is 27.1 Å². The van der Waals surface area contributed by atoms with E-state index in [0.717, 1.165) is 63.2 Å². The van der Waals surface area contributed by atoms with Crippen molar-refractivity contribution in [1.29, 1.82) is 0 Å². The summed E-state index contributed by atoms with van der Waals surface area (Å²) in [4.78, 5) is 19.6. The fourth-order valence-corrected chi connectivity index (χ4v) is 4.38. The van der Waals surface area contributed by atoms with Crippen molar-refractivity contribution >= 4 is 5.91 Å². The highest BCUT2D eigenvalue weighted by Gasteiger charge is 2.32. The van der Waals surface area contributed by atoms with Gasteiger partial charge < -0.3 is 23.6 Å². The van der Waals surface area contributed by atoms with Crippen molar-refractivity contribution in [2.45, 2.75) is 51.0 Å². The van der Waals surface area contributed by atoms with Crippen molar-refractivity contribution in [2.24, 2.45) is 5.92 Å². The lowest BCUT2D eigenvalue weighted by molar-refractivity contribution is -0.135. The summed E-state index contributed by atoms with van der Waals surface area (Å²) in [5.74, 6) is 2.57. The van der Waals surface area contributed by atoms with Crippen LogP contribution in [-0.4, -0.2) is 61.0 Å². The third kappa shape index (κ3) is 6.07. The molecule has 0 radical (unpaired) electrons. The topological polar surface area (TPSA) is 86.9 Å². The van der Waals surface area contributed by atoms with Gasteiger partial charge in [0, 0.05) is 32.8 Å². The van der Waals surface area contributed by atoms with E-state index in [4.69, 9.17) is 18.7 Å². The van der Waals surface area contributed by atoms with Gasteiger partial charge in [0.2, 0.25) is 11.8 Å². The summed E-state index contributed by atoms with van der Waals surface area (Å²) in [6.07, 6.45) is 5.93. The van der Waals surface area contributed by atoms with Gasteiger partial charge >= 0.3 is 0 Å². The zero-order valence-corrected chi connectivity index (χ0v) is 18.8. The summed E-state index contributed by atoms with van der Waals surface area (Å²) >= 11 is 0. The van der Waals surface area contributed by atoms with Gasteiger partial charge in [-0.1, -0.05) is 17.3 Å². The van der Waals surface area contributed by atoms with Gasteiger partial charge in [0.15, 0.2) is 5.82 Å². The molecule has 2 aliphatic rings. The Morgan fingerprint density at radius 2 is 2.09 bits per heavy atom. The molecule has 0 saturated carbocycles. The smallest absolute Gasteiger partial charge is 0.249 e. The molecular weight excluding hydrogens is 410 g/mol. The third-order valence-corrected chi connectivity index (χ3v) is 6.25. The van der Waals surface area contributed by atoms with Crippen molar-refractivity contribution in [1.82, 2.24) is 15.0 Å². The molecule has 0 aliphatic carbocycles. The minimum atomic E-state index is -0.161. The van der Waals surface area contributed by atoms with E-state index in [1.165, 1.54) is 0 Å². The quantitative estimate of drug-likeness (QED) is 0.549. The van der Waals surface area contributed by atoms with Crippen LogP contribution in [0.15, 0.2) is 28.8 Å². The molecular formula is C24H33N3O5. The lowest BCUT2D eigenvalue weighted by atomic mass is 10.0. The number of nitrogens with zero attached hydrogens (tertiary/aromatic N) is 3. The van der Waals surface area contributed by atoms with Gasteiger partial charge in [0.1, 0.15) is 11.8 Å². The molecule has 2 saturated heterocycles. The Labute approximate surface area is 189 Å². The summed E-state index contributed by atoms with van der Waals surface area (Å²) in [6.45, 7) is 3.69. The standard InChI is InChI=1S/C24H33N3O5/c1-29-20-6-4-5-19(15-20)16-23(28)27-11-3-2-7-21(27)24-25-22(26-32-24)10-14-31-17-18-8-12-30-13-9-18/h4-6,15,18,21H,2-3,7-14,16-17H2,1H3. The number of amides is 1. The molecule has 1 atom stereocenters. The van der Waals surface area contributed by atoms with Crippen molar-refractivity contribution in [2.75, 3.05) is 40.1 Å². The maximum absolute atomic E-state index is 13.1. The number of hydrogen-bond acceptors (Lipinski definition) is 7. The van der Waals surface area contributed by atoms with Crippen LogP contribution in [0.2, 0.25) is 0 Å². The highest BCUT2D eigenvalue weighted by Crippen LogP contribution is 2.30. The van der Waals surface area contributed by atoms with Crippen molar-refractivity contribution in [3.05, 3.63) is 41.5 Å². The molecule has 32 heavy (non-hydrogen) atoms. The molecule has 0 bridgehead atoms. The van der Waals surface area contributed by atoms with Crippen LogP contribution in [0.4, 0.5) is 0 Å². The van der Waals surface area contributed by atoms with Crippen LogP contribution in [0.3, 0.4) is 0 Å². The van der Waals surface area contributed by atoms with Crippen LogP contribution in [0, 0.1) is 5.92 Å². The maximum atomic E-state index is 13.1. The van der Waals surface area contributed by atoms with Crippen LogP contribution in [0.1, 0.15) is 55.4 Å². The van der Waals surface area contributed by atoms with Gasteiger partial charge in [-0.05, 0) is 55.7 Å². The van der Waals surface area contributed by atoms with Gasteiger partial charge in [0.05, 0.1) is 20.1 Å². The largest absolute Gasteiger partial charge is 0.497 e. The van der Waals surface area contributed by atoms with Gasteiger partial charge in [-0.3, -0.25) is 4.79 Å². The summed E-state index contributed by atoms with van der Waals surface area (Å²) in [6, 6.07) is 7.48. The Balaban J connectivity index is 1.31. The first kappa shape index (κ1) is 22.7. The van der Waals surface area contributed by atoms with E-state index >= 15 is 0 Å². The molecule has 8 heteroatoms. The minimum Gasteiger partial charge on any atom is -0.497 e. The van der Waals surface area contributed by atoms with E-state index in [1.807, 2.05) is 29.2 Å². The number of piperidine rings is 1. The van der Waals surface area contributed by atoms with E-state index < -0.39 is 0 Å². The summed E-state index contributed by atoms with van der Waals surface area (Å²) in [5, 5.41) is 4.14. The van der Waals surface area contributed by atoms with Gasteiger partial charge in [-0.15, -0.1) is 0 Å². The summed E-state index contributed by atoms with van der Waals surface area (Å²) < 4.78 is 22.1. The van der Waals surface area contributed by atoms with Crippen LogP contribution in [0.5, 0.6) is 5.75 Å². The van der Waals surface area contributed by atoms with E-state index in [1.54, 1.807) is 7.11 Å². The molecule has 2 fully saturated rings. The molecule has 0 N–H and O–H groups in total. The predicted molar refractivity (Wildman–Crippen MR) is 117 cm³/mol. The number of likely N-dealkylation sites (tertiary alicyclic amines) is 1. The van der Waals surface area contributed by atoms with Crippen LogP contribution < -0.4 is 4.74 Å². The lowest BCUT2D eigenvalue weighted by Gasteiger charge is -2.33. The number of carbonyl (C=O) groups is 1. The Morgan fingerprint density at radius 3 is 2.94 bits per heavy atom. The number of aromatic nitrogens is 2. The number of benzene rings is 1. The SMILES string of the molecule is COc1cccc(CC(=O)N2CCCCC2c2nc(CCOCC3CCOCC3)no2)c1. The molecule has 1 aromatic carbocycles. The average Bonchev–Trinajstić information content (AvgIpc) is 3.31. The molecule has 4 rings (SSSR count). The number of rotatable bonds is 9. The summed E-state index contributed by atoms with van der Waals surface area (Å²) in [7, 11) is 1.63. The molecule has 8 nitrogen and oxygen atoms in total. The fraction of sp³-hybridized carbons (Fsp3) is 0.625. The second kappa shape index (κ2) is 11.4. The monoisotopic (exact) mass is 443 g/mol. The summed E-state index contributed by atoms with van der Waals surface area (Å²) in [5.41, 5.74) is 0.937. The van der Waals surface area contributed by atoms with E-state index in [9.17, 15) is 4.79 Å². The Bertz CT molecular complexity index is 865. The number of carbonyl (C=O) groups excluding carboxylic acids is 1. The highest BCUT2D eigenvalue weighted by atomic mass is 16.5. The average molecular weight is 444 g/mol. The van der Waals surface area contributed by atoms with Crippen molar-refractivity contribution < 1.29 is 23.5 Å². The second-order valence-corrected chi connectivity index (χ2v) is 8.56. The normalized spacial score (nSPS) is 19.8. The number of methoxy groups -OCH3 is 1. The van der Waals surface area contributed by atoms with Gasteiger partial charge in [-0.25, -0.2) is 0 Å². The number of hydrogen-bond donors (Lipinski definition) is 0. The molecule has 3 heterocycles. The molecule has 2 aromatic rings. The maximum Gasteiger partial charge on any atom is 0.249 e. The number of ether oxygens (including phenoxy) is 3. The first-order chi connectivity index (χ1) is 15.7. The van der Waals surface area contributed by atoms with E-state index in [0.29, 0.717) is 43.6 Å². The first-order valence-electron chi connectivity index (χ1n) is 11.6. The zero-order valence-electron chi connectivity index (χ0n) is 18.8. The first-order valence-corrected chi connectivity index (χ1v) is 11.6. The highest BCUT2D eigenvalue weighted by molar-refractivity contribution is 5.79. The minimum absolute atomic E-state index is 0.0718. The van der Waals surface area contributed by atoms with Gasteiger partial charge in [-0.2, -0.15) is 4.98 Å². The van der Waals surface area contributed by atoms with Crippen molar-refractivity contribution in [3.8, 4) is 5.75 Å². The lowest BCUT2D eigenvalue weighted by Crippen LogP contribution is -2.39. The molecule has 1 amide bonds.